The Morgan fingerprint density at radius 2 is 2.10 bits per heavy atom. The molecule has 0 saturated heterocycles. The maximum atomic E-state index is 11.6. The first-order valence-corrected chi connectivity index (χ1v) is 10.2. The van der Waals surface area contributed by atoms with E-state index >= 15 is 0 Å². The second-order valence-corrected chi connectivity index (χ2v) is 7.91. The number of aliphatic hydroxyl groups excluding tert-OH is 1. The summed E-state index contributed by atoms with van der Waals surface area (Å²) in [5.74, 6) is 1.88. The molecule has 3 N–H and O–H groups in total. The maximum Gasteiger partial charge on any atom is 0.250 e. The maximum absolute atomic E-state index is 11.6. The summed E-state index contributed by atoms with van der Waals surface area (Å²) >= 11 is 0. The number of aliphatic hydroxyl groups is 1. The highest BCUT2D eigenvalue weighted by molar-refractivity contribution is 5.60. The number of nitrogens with zero attached hydrogens (tertiary/aromatic N) is 4. The summed E-state index contributed by atoms with van der Waals surface area (Å²) < 4.78 is 3.37. The van der Waals surface area contributed by atoms with Crippen molar-refractivity contribution in [3.8, 4) is 0 Å². The van der Waals surface area contributed by atoms with E-state index in [2.05, 4.69) is 15.7 Å². The second-order valence-electron chi connectivity index (χ2n) is 7.91. The van der Waals surface area contributed by atoms with Crippen LogP contribution < -0.4 is 16.2 Å². The van der Waals surface area contributed by atoms with Crippen LogP contribution >= 0.6 is 0 Å². The van der Waals surface area contributed by atoms with Crippen molar-refractivity contribution in [3.05, 3.63) is 52.1 Å². The molecule has 29 heavy (non-hydrogen) atoms. The molecule has 0 amide bonds. The first-order valence-electron chi connectivity index (χ1n) is 10.2. The van der Waals surface area contributed by atoms with Gasteiger partial charge in [-0.3, -0.25) is 4.79 Å². The summed E-state index contributed by atoms with van der Waals surface area (Å²) in [7, 11) is 1.75. The number of anilines is 2. The molecule has 0 unspecified atom stereocenters. The molecule has 0 aromatic carbocycles. The molecular weight excluding hydrogens is 368 g/mol. The second kappa shape index (κ2) is 8.24. The fraction of sp³-hybridized carbons (Fsp3) is 0.476. The van der Waals surface area contributed by atoms with Crippen LogP contribution in [0, 0.1) is 12.8 Å². The van der Waals surface area contributed by atoms with E-state index in [0.29, 0.717) is 6.54 Å². The minimum absolute atomic E-state index is 0.0276. The highest BCUT2D eigenvalue weighted by Gasteiger charge is 2.25. The molecule has 3 aromatic rings. The molecule has 1 fully saturated rings. The van der Waals surface area contributed by atoms with Crippen molar-refractivity contribution in [2.45, 2.75) is 45.2 Å². The van der Waals surface area contributed by atoms with Gasteiger partial charge in [0.25, 0.3) is 0 Å². The van der Waals surface area contributed by atoms with Crippen molar-refractivity contribution in [2.75, 3.05) is 17.2 Å². The lowest BCUT2D eigenvalue weighted by atomic mass is 9.85. The highest BCUT2D eigenvalue weighted by atomic mass is 16.3. The Labute approximate surface area is 169 Å². The van der Waals surface area contributed by atoms with Gasteiger partial charge in [-0.15, -0.1) is 0 Å². The van der Waals surface area contributed by atoms with Crippen molar-refractivity contribution in [2.24, 2.45) is 13.0 Å². The third-order valence-corrected chi connectivity index (χ3v) is 5.75. The SMILES string of the molecule is Cc1cnn2c(NCc3ccc(=O)n(C)c3)cc(N[C@H]3CCCC[C@H]3CO)nc12. The Bertz CT molecular complexity index is 1060. The first-order chi connectivity index (χ1) is 14.0. The lowest BCUT2D eigenvalue weighted by Gasteiger charge is -2.31. The predicted octanol–water partition coefficient (Wildman–Crippen LogP) is 2.31. The van der Waals surface area contributed by atoms with Gasteiger partial charge in [0.1, 0.15) is 11.6 Å². The Morgan fingerprint density at radius 3 is 2.90 bits per heavy atom. The Hall–Kier alpha value is -2.87. The average molecular weight is 396 g/mol. The Morgan fingerprint density at radius 1 is 1.28 bits per heavy atom. The number of rotatable bonds is 6. The van der Waals surface area contributed by atoms with E-state index < -0.39 is 0 Å². The zero-order valence-corrected chi connectivity index (χ0v) is 16.9. The van der Waals surface area contributed by atoms with Gasteiger partial charge in [0.15, 0.2) is 5.65 Å². The summed E-state index contributed by atoms with van der Waals surface area (Å²) in [6, 6.07) is 5.59. The van der Waals surface area contributed by atoms with Crippen LogP contribution in [0.5, 0.6) is 0 Å². The van der Waals surface area contributed by atoms with Crippen LogP contribution in [0.3, 0.4) is 0 Å². The van der Waals surface area contributed by atoms with Gasteiger partial charge in [-0.1, -0.05) is 18.9 Å². The van der Waals surface area contributed by atoms with Crippen molar-refractivity contribution in [1.82, 2.24) is 19.2 Å². The van der Waals surface area contributed by atoms with E-state index in [1.807, 2.05) is 25.3 Å². The van der Waals surface area contributed by atoms with Crippen molar-refractivity contribution in [1.29, 1.82) is 0 Å². The molecule has 1 aliphatic carbocycles. The predicted molar refractivity (Wildman–Crippen MR) is 113 cm³/mol. The third kappa shape index (κ3) is 4.12. The number of hydrogen-bond acceptors (Lipinski definition) is 6. The van der Waals surface area contributed by atoms with Crippen molar-refractivity contribution >= 4 is 17.3 Å². The number of fused-ring (bicyclic) bond motifs is 1. The van der Waals surface area contributed by atoms with Crippen LogP contribution in [-0.4, -0.2) is 36.9 Å². The van der Waals surface area contributed by atoms with Crippen LogP contribution in [0.4, 0.5) is 11.6 Å². The van der Waals surface area contributed by atoms with Crippen LogP contribution in [0.25, 0.3) is 5.65 Å². The van der Waals surface area contributed by atoms with Gasteiger partial charge < -0.3 is 20.3 Å². The minimum atomic E-state index is -0.0276. The first kappa shape index (κ1) is 19.4. The van der Waals surface area contributed by atoms with Gasteiger partial charge in [0.2, 0.25) is 5.56 Å². The molecule has 1 saturated carbocycles. The topological polar surface area (TPSA) is 96.5 Å². The number of aromatic nitrogens is 4. The molecule has 0 spiro atoms. The monoisotopic (exact) mass is 396 g/mol. The molecule has 3 heterocycles. The molecule has 0 radical (unpaired) electrons. The lowest BCUT2D eigenvalue weighted by molar-refractivity contribution is 0.178. The fourth-order valence-corrected chi connectivity index (χ4v) is 4.03. The van der Waals surface area contributed by atoms with E-state index in [1.54, 1.807) is 28.4 Å². The number of nitrogens with one attached hydrogen (secondary N) is 2. The lowest BCUT2D eigenvalue weighted by Crippen LogP contribution is -2.34. The molecule has 2 atom stereocenters. The standard InChI is InChI=1S/C21H28N6O2/c1-14-10-23-27-19(22-11-15-7-8-20(29)26(2)12-15)9-18(25-21(14)27)24-17-6-4-3-5-16(17)13-28/h7-10,12,16-17,22,28H,3-6,11,13H2,1-2H3,(H,24,25)/t16-,17-/m0/s1. The van der Waals surface area contributed by atoms with E-state index in [1.165, 1.54) is 12.8 Å². The molecule has 8 nitrogen and oxygen atoms in total. The summed E-state index contributed by atoms with van der Waals surface area (Å²) in [6.07, 6.45) is 8.05. The van der Waals surface area contributed by atoms with Crippen molar-refractivity contribution in [3.63, 3.8) is 0 Å². The van der Waals surface area contributed by atoms with Crippen LogP contribution in [0.2, 0.25) is 0 Å². The zero-order valence-electron chi connectivity index (χ0n) is 16.9. The van der Waals surface area contributed by atoms with E-state index in [9.17, 15) is 9.90 Å². The zero-order chi connectivity index (χ0) is 20.4. The fourth-order valence-electron chi connectivity index (χ4n) is 4.03. The van der Waals surface area contributed by atoms with Gasteiger partial charge >= 0.3 is 0 Å². The van der Waals surface area contributed by atoms with Gasteiger partial charge in [0.05, 0.1) is 6.20 Å². The normalized spacial score (nSPS) is 19.4. The molecule has 1 aliphatic rings. The van der Waals surface area contributed by atoms with Crippen LogP contribution in [0.15, 0.2) is 35.4 Å². The molecular formula is C21H28N6O2. The summed E-state index contributed by atoms with van der Waals surface area (Å²) in [6.45, 7) is 2.75. The number of hydrogen-bond donors (Lipinski definition) is 3. The number of pyridine rings is 1. The highest BCUT2D eigenvalue weighted by Crippen LogP contribution is 2.28. The van der Waals surface area contributed by atoms with Gasteiger partial charge in [-0.2, -0.15) is 9.61 Å². The number of aryl methyl sites for hydroxylation is 2. The van der Waals surface area contributed by atoms with E-state index in [0.717, 1.165) is 41.3 Å². The molecule has 4 rings (SSSR count). The van der Waals surface area contributed by atoms with E-state index in [4.69, 9.17) is 4.98 Å². The van der Waals surface area contributed by atoms with Gasteiger partial charge in [-0.25, -0.2) is 4.98 Å². The average Bonchev–Trinajstić information content (AvgIpc) is 3.10. The quantitative estimate of drug-likeness (QED) is 0.592. The third-order valence-electron chi connectivity index (χ3n) is 5.75. The molecule has 0 aliphatic heterocycles. The van der Waals surface area contributed by atoms with E-state index in [-0.39, 0.29) is 24.1 Å². The van der Waals surface area contributed by atoms with Gasteiger partial charge in [-0.05, 0) is 25.3 Å². The Kier molecular flexibility index (Phi) is 5.53. The molecule has 3 aromatic heterocycles. The van der Waals surface area contributed by atoms with Crippen LogP contribution in [0.1, 0.15) is 36.8 Å². The molecule has 8 heteroatoms. The summed E-state index contributed by atoms with van der Waals surface area (Å²) in [5, 5.41) is 21.1. The van der Waals surface area contributed by atoms with Crippen molar-refractivity contribution < 1.29 is 5.11 Å². The van der Waals surface area contributed by atoms with Crippen LogP contribution in [-0.2, 0) is 13.6 Å². The summed E-state index contributed by atoms with van der Waals surface area (Å²) in [4.78, 5) is 16.4. The minimum Gasteiger partial charge on any atom is -0.396 e. The largest absolute Gasteiger partial charge is 0.396 e. The molecule has 0 bridgehead atoms. The Balaban J connectivity index is 1.60. The smallest absolute Gasteiger partial charge is 0.250 e. The van der Waals surface area contributed by atoms with Gasteiger partial charge in [0, 0.05) is 56.1 Å². The molecule has 154 valence electrons. The summed E-state index contributed by atoms with van der Waals surface area (Å²) in [5.41, 5.74) is 2.78.